The van der Waals surface area contributed by atoms with Crippen molar-refractivity contribution >= 4 is 5.69 Å². The second-order valence-corrected chi connectivity index (χ2v) is 5.35. The van der Waals surface area contributed by atoms with Gasteiger partial charge in [0.2, 0.25) is 0 Å². The van der Waals surface area contributed by atoms with Gasteiger partial charge >= 0.3 is 0 Å². The van der Waals surface area contributed by atoms with Crippen LogP contribution in [-0.4, -0.2) is 14.8 Å². The maximum Gasteiger partial charge on any atom is 0.137 e. The molecule has 3 rings (SSSR count). The predicted molar refractivity (Wildman–Crippen MR) is 75.9 cm³/mol. The van der Waals surface area contributed by atoms with E-state index in [-0.39, 0.29) is 0 Å². The molecule has 1 aliphatic carbocycles. The Morgan fingerprint density at radius 3 is 2.68 bits per heavy atom. The molecule has 19 heavy (non-hydrogen) atoms. The molecule has 0 atom stereocenters. The quantitative estimate of drug-likeness (QED) is 0.859. The molecule has 2 aromatic rings. The van der Waals surface area contributed by atoms with Crippen molar-refractivity contribution in [2.24, 2.45) is 0 Å². The third-order valence-corrected chi connectivity index (χ3v) is 4.03. The molecule has 1 saturated carbocycles. The average molecular weight is 256 g/mol. The Balaban J connectivity index is 1.91. The number of rotatable bonds is 3. The summed E-state index contributed by atoms with van der Waals surface area (Å²) < 4.78 is 2.32. The van der Waals surface area contributed by atoms with Crippen LogP contribution in [0.1, 0.15) is 48.9 Å². The maximum atomic E-state index is 6.02. The molecule has 4 heteroatoms. The van der Waals surface area contributed by atoms with Crippen molar-refractivity contribution in [1.82, 2.24) is 14.8 Å². The van der Waals surface area contributed by atoms with Crippen LogP contribution in [0.5, 0.6) is 0 Å². The Morgan fingerprint density at radius 2 is 1.95 bits per heavy atom. The summed E-state index contributed by atoms with van der Waals surface area (Å²) in [6.07, 6.45) is 5.89. The summed E-state index contributed by atoms with van der Waals surface area (Å²) in [5.74, 6) is 2.07. The molecule has 0 aliphatic heterocycles. The lowest BCUT2D eigenvalue weighted by atomic mass is 10.1. The lowest BCUT2D eigenvalue weighted by Crippen LogP contribution is -2.12. The van der Waals surface area contributed by atoms with Crippen molar-refractivity contribution in [3.8, 4) is 0 Å². The number of anilines is 1. The highest BCUT2D eigenvalue weighted by Crippen LogP contribution is 2.31. The standard InChI is InChI=1S/C15H20N4/c1-11-17-18-15(19(11)13-7-3-4-8-13)10-12-6-2-5-9-14(12)16/h2,5-6,9,13H,3-4,7-8,10,16H2,1H3. The van der Waals surface area contributed by atoms with E-state index in [9.17, 15) is 0 Å². The number of aryl methyl sites for hydroxylation is 1. The molecule has 0 unspecified atom stereocenters. The van der Waals surface area contributed by atoms with Gasteiger partial charge in [0.25, 0.3) is 0 Å². The van der Waals surface area contributed by atoms with E-state index in [2.05, 4.69) is 20.8 Å². The van der Waals surface area contributed by atoms with Gasteiger partial charge in [-0.15, -0.1) is 10.2 Å². The molecule has 1 aromatic heterocycles. The third-order valence-electron chi connectivity index (χ3n) is 4.03. The molecular weight excluding hydrogens is 236 g/mol. The Labute approximate surface area is 113 Å². The van der Waals surface area contributed by atoms with Crippen molar-refractivity contribution in [3.05, 3.63) is 41.5 Å². The SMILES string of the molecule is Cc1nnc(Cc2ccccc2N)n1C1CCCC1. The predicted octanol–water partition coefficient (Wildman–Crippen LogP) is 2.87. The smallest absolute Gasteiger partial charge is 0.137 e. The number of nitrogens with zero attached hydrogens (tertiary/aromatic N) is 3. The summed E-state index contributed by atoms with van der Waals surface area (Å²) in [6, 6.07) is 8.58. The molecule has 4 nitrogen and oxygen atoms in total. The van der Waals surface area contributed by atoms with Crippen LogP contribution in [-0.2, 0) is 6.42 Å². The minimum Gasteiger partial charge on any atom is -0.398 e. The zero-order chi connectivity index (χ0) is 13.2. The minimum atomic E-state index is 0.579. The summed E-state index contributed by atoms with van der Waals surface area (Å²) in [5.41, 5.74) is 7.99. The number of hydrogen-bond acceptors (Lipinski definition) is 3. The Bertz CT molecular complexity index is 567. The van der Waals surface area contributed by atoms with Crippen molar-refractivity contribution in [2.45, 2.75) is 45.1 Å². The molecule has 2 N–H and O–H groups in total. The highest BCUT2D eigenvalue weighted by molar-refractivity contribution is 5.47. The number of aromatic nitrogens is 3. The average Bonchev–Trinajstić information content (AvgIpc) is 3.02. The van der Waals surface area contributed by atoms with Crippen LogP contribution in [0, 0.1) is 6.92 Å². The number of nitrogen functional groups attached to an aromatic ring is 1. The van der Waals surface area contributed by atoms with Gasteiger partial charge in [0, 0.05) is 18.2 Å². The van der Waals surface area contributed by atoms with E-state index in [0.29, 0.717) is 6.04 Å². The zero-order valence-electron chi connectivity index (χ0n) is 11.3. The molecule has 1 fully saturated rings. The van der Waals surface area contributed by atoms with E-state index in [1.807, 2.05) is 25.1 Å². The van der Waals surface area contributed by atoms with E-state index in [1.165, 1.54) is 25.7 Å². The first-order valence-corrected chi connectivity index (χ1v) is 6.99. The second kappa shape index (κ2) is 5.03. The van der Waals surface area contributed by atoms with Crippen molar-refractivity contribution < 1.29 is 0 Å². The van der Waals surface area contributed by atoms with E-state index in [1.54, 1.807) is 0 Å². The van der Waals surface area contributed by atoms with Crippen molar-refractivity contribution in [2.75, 3.05) is 5.73 Å². The van der Waals surface area contributed by atoms with Gasteiger partial charge in [-0.2, -0.15) is 0 Å². The van der Waals surface area contributed by atoms with E-state index in [4.69, 9.17) is 5.73 Å². The number of benzene rings is 1. The lowest BCUT2D eigenvalue weighted by molar-refractivity contribution is 0.490. The summed E-state index contributed by atoms with van der Waals surface area (Å²) in [4.78, 5) is 0. The van der Waals surface area contributed by atoms with Gasteiger partial charge in [-0.1, -0.05) is 31.0 Å². The van der Waals surface area contributed by atoms with Gasteiger partial charge < -0.3 is 10.3 Å². The normalized spacial score (nSPS) is 16.1. The zero-order valence-corrected chi connectivity index (χ0v) is 11.3. The second-order valence-electron chi connectivity index (χ2n) is 5.35. The topological polar surface area (TPSA) is 56.7 Å². The summed E-state index contributed by atoms with van der Waals surface area (Å²) in [6.45, 7) is 2.04. The monoisotopic (exact) mass is 256 g/mol. The molecule has 0 radical (unpaired) electrons. The number of para-hydroxylation sites is 1. The van der Waals surface area contributed by atoms with Gasteiger partial charge in [0.05, 0.1) is 0 Å². The summed E-state index contributed by atoms with van der Waals surface area (Å²) in [7, 11) is 0. The van der Waals surface area contributed by atoms with Gasteiger partial charge in [-0.3, -0.25) is 0 Å². The van der Waals surface area contributed by atoms with Crippen LogP contribution in [0.3, 0.4) is 0 Å². The molecule has 1 aromatic carbocycles. The lowest BCUT2D eigenvalue weighted by Gasteiger charge is -2.16. The van der Waals surface area contributed by atoms with Crippen LogP contribution in [0.25, 0.3) is 0 Å². The summed E-state index contributed by atoms with van der Waals surface area (Å²) >= 11 is 0. The molecule has 0 bridgehead atoms. The molecule has 1 aliphatic rings. The van der Waals surface area contributed by atoms with Crippen molar-refractivity contribution in [3.63, 3.8) is 0 Å². The minimum absolute atomic E-state index is 0.579. The highest BCUT2D eigenvalue weighted by atomic mass is 15.3. The van der Waals surface area contributed by atoms with E-state index < -0.39 is 0 Å². The molecule has 100 valence electrons. The Kier molecular flexibility index (Phi) is 3.23. The number of nitrogens with two attached hydrogens (primary N) is 1. The molecule has 0 amide bonds. The van der Waals surface area contributed by atoms with Crippen LogP contribution in [0.4, 0.5) is 5.69 Å². The Hall–Kier alpha value is -1.84. The summed E-state index contributed by atoms with van der Waals surface area (Å²) in [5, 5.41) is 8.61. The fraction of sp³-hybridized carbons (Fsp3) is 0.467. The van der Waals surface area contributed by atoms with Gasteiger partial charge in [0.1, 0.15) is 11.6 Å². The van der Waals surface area contributed by atoms with Gasteiger partial charge in [0.15, 0.2) is 0 Å². The molecule has 0 spiro atoms. The van der Waals surface area contributed by atoms with Crippen LogP contribution in [0.2, 0.25) is 0 Å². The first-order valence-electron chi connectivity index (χ1n) is 6.99. The fourth-order valence-electron chi connectivity index (χ4n) is 3.04. The highest BCUT2D eigenvalue weighted by Gasteiger charge is 2.22. The third kappa shape index (κ3) is 2.35. The van der Waals surface area contributed by atoms with E-state index >= 15 is 0 Å². The molecule has 1 heterocycles. The van der Waals surface area contributed by atoms with Crippen LogP contribution >= 0.6 is 0 Å². The van der Waals surface area contributed by atoms with Crippen LogP contribution in [0.15, 0.2) is 24.3 Å². The largest absolute Gasteiger partial charge is 0.398 e. The first-order chi connectivity index (χ1) is 9.25. The Morgan fingerprint density at radius 1 is 1.21 bits per heavy atom. The first kappa shape index (κ1) is 12.2. The van der Waals surface area contributed by atoms with E-state index in [0.717, 1.165) is 29.3 Å². The van der Waals surface area contributed by atoms with Crippen molar-refractivity contribution in [1.29, 1.82) is 0 Å². The fourth-order valence-corrected chi connectivity index (χ4v) is 3.04. The molecule has 0 saturated heterocycles. The van der Waals surface area contributed by atoms with Gasteiger partial charge in [-0.25, -0.2) is 0 Å². The number of hydrogen-bond donors (Lipinski definition) is 1. The molecular formula is C15H20N4. The van der Waals surface area contributed by atoms with Crippen LogP contribution < -0.4 is 5.73 Å². The van der Waals surface area contributed by atoms with Gasteiger partial charge in [-0.05, 0) is 31.4 Å². The maximum absolute atomic E-state index is 6.02.